The molecule has 0 atom stereocenters. The van der Waals surface area contributed by atoms with Crippen molar-refractivity contribution in [3.8, 4) is 16.9 Å². The van der Waals surface area contributed by atoms with Crippen LogP contribution in [0.4, 0.5) is 0 Å². The van der Waals surface area contributed by atoms with Crippen molar-refractivity contribution in [1.29, 1.82) is 5.41 Å². The van der Waals surface area contributed by atoms with E-state index in [-0.39, 0.29) is 11.6 Å². The van der Waals surface area contributed by atoms with Gasteiger partial charge in [0, 0.05) is 5.56 Å². The van der Waals surface area contributed by atoms with Crippen molar-refractivity contribution in [3.05, 3.63) is 54.1 Å². The minimum Gasteiger partial charge on any atom is -0.384 e. The van der Waals surface area contributed by atoms with Gasteiger partial charge < -0.3 is 5.73 Å². The summed E-state index contributed by atoms with van der Waals surface area (Å²) in [6.45, 7) is 0. The molecule has 0 spiro atoms. The number of nitrogens with one attached hydrogen (secondary N) is 1. The van der Waals surface area contributed by atoms with Crippen molar-refractivity contribution >= 4 is 5.84 Å². The molecule has 3 N–H and O–H groups in total. The standard InChI is InChI=1S/C13H11N2O/c14-13(15)11-3-1-2-10(8-11)9-4-6-12(16)7-5-9/h1-8H,(H3,14,15). The van der Waals surface area contributed by atoms with Crippen molar-refractivity contribution in [2.45, 2.75) is 0 Å². The van der Waals surface area contributed by atoms with Gasteiger partial charge in [-0.3, -0.25) is 10.5 Å². The molecule has 2 aromatic rings. The van der Waals surface area contributed by atoms with Crippen LogP contribution in [0.25, 0.3) is 11.1 Å². The molecule has 0 saturated heterocycles. The predicted molar refractivity (Wildman–Crippen MR) is 63.0 cm³/mol. The van der Waals surface area contributed by atoms with E-state index in [9.17, 15) is 5.11 Å². The lowest BCUT2D eigenvalue weighted by atomic mass is 10.0. The maximum atomic E-state index is 11.0. The molecular formula is C13H11N2O. The van der Waals surface area contributed by atoms with Crippen LogP contribution in [0.1, 0.15) is 5.56 Å². The number of amidine groups is 1. The van der Waals surface area contributed by atoms with Crippen LogP contribution in [0, 0.1) is 5.41 Å². The quantitative estimate of drug-likeness (QED) is 0.582. The molecule has 0 aliphatic carbocycles. The second kappa shape index (κ2) is 4.06. The summed E-state index contributed by atoms with van der Waals surface area (Å²) in [4.78, 5) is 0. The van der Waals surface area contributed by atoms with E-state index in [1.165, 1.54) is 12.1 Å². The molecule has 3 heteroatoms. The van der Waals surface area contributed by atoms with Gasteiger partial charge in [-0.15, -0.1) is 0 Å². The molecule has 0 aliphatic heterocycles. The SMILES string of the molecule is N=C(N)c1cccc(-c2ccc([O])cc2)c1. The fourth-order valence-electron chi connectivity index (χ4n) is 1.51. The molecule has 3 nitrogen and oxygen atoms in total. The number of hydrogen-bond donors (Lipinski definition) is 2. The number of nitrogen functional groups attached to an aromatic ring is 1. The molecule has 0 saturated carbocycles. The van der Waals surface area contributed by atoms with Crippen molar-refractivity contribution in [1.82, 2.24) is 0 Å². The van der Waals surface area contributed by atoms with Gasteiger partial charge in [0.15, 0.2) is 5.75 Å². The molecule has 0 unspecified atom stereocenters. The van der Waals surface area contributed by atoms with Gasteiger partial charge >= 0.3 is 0 Å². The van der Waals surface area contributed by atoms with Gasteiger partial charge in [-0.25, -0.2) is 0 Å². The zero-order chi connectivity index (χ0) is 11.5. The zero-order valence-electron chi connectivity index (χ0n) is 8.60. The van der Waals surface area contributed by atoms with Crippen LogP contribution in [0.2, 0.25) is 0 Å². The Hall–Kier alpha value is -2.29. The number of hydrogen-bond acceptors (Lipinski definition) is 1. The lowest BCUT2D eigenvalue weighted by Gasteiger charge is -2.04. The minimum atomic E-state index is -0.00790. The first-order valence-corrected chi connectivity index (χ1v) is 4.89. The number of nitrogens with two attached hydrogens (primary N) is 1. The third-order valence-electron chi connectivity index (χ3n) is 2.36. The fourth-order valence-corrected chi connectivity index (χ4v) is 1.51. The molecule has 0 bridgehead atoms. The summed E-state index contributed by atoms with van der Waals surface area (Å²) < 4.78 is 0. The Bertz CT molecular complexity index is 518. The van der Waals surface area contributed by atoms with E-state index in [0.717, 1.165) is 11.1 Å². The normalized spacial score (nSPS) is 10.0. The number of benzene rings is 2. The first-order valence-electron chi connectivity index (χ1n) is 4.89. The molecule has 16 heavy (non-hydrogen) atoms. The Morgan fingerprint density at radius 2 is 1.69 bits per heavy atom. The molecule has 1 radical (unpaired) electrons. The van der Waals surface area contributed by atoms with Crippen molar-refractivity contribution < 1.29 is 5.11 Å². The second-order valence-corrected chi connectivity index (χ2v) is 3.52. The van der Waals surface area contributed by atoms with Gasteiger partial charge in [0.25, 0.3) is 0 Å². The van der Waals surface area contributed by atoms with Gasteiger partial charge in [-0.1, -0.05) is 30.3 Å². The highest BCUT2D eigenvalue weighted by Crippen LogP contribution is 2.22. The molecule has 2 rings (SSSR count). The smallest absolute Gasteiger partial charge is 0.178 e. The van der Waals surface area contributed by atoms with Gasteiger partial charge in [0.05, 0.1) is 0 Å². The van der Waals surface area contributed by atoms with Crippen molar-refractivity contribution in [2.75, 3.05) is 0 Å². The molecule has 79 valence electrons. The highest BCUT2D eigenvalue weighted by molar-refractivity contribution is 5.96. The molecular weight excluding hydrogens is 200 g/mol. The Balaban J connectivity index is 2.44. The largest absolute Gasteiger partial charge is 0.384 e. The van der Waals surface area contributed by atoms with Crippen molar-refractivity contribution in [2.24, 2.45) is 5.73 Å². The molecule has 2 aromatic carbocycles. The Morgan fingerprint density at radius 3 is 2.31 bits per heavy atom. The molecule has 0 fully saturated rings. The molecule has 0 aliphatic rings. The summed E-state index contributed by atoms with van der Waals surface area (Å²) in [5.74, 6) is 0.0359. The van der Waals surface area contributed by atoms with Gasteiger partial charge in [0.1, 0.15) is 5.84 Å². The summed E-state index contributed by atoms with van der Waals surface area (Å²) in [5.41, 5.74) is 8.00. The number of rotatable bonds is 2. The molecule has 0 aromatic heterocycles. The van der Waals surface area contributed by atoms with Crippen LogP contribution in [0.5, 0.6) is 5.75 Å². The Labute approximate surface area is 93.7 Å². The highest BCUT2D eigenvalue weighted by atomic mass is 16.3. The topological polar surface area (TPSA) is 69.8 Å². The van der Waals surface area contributed by atoms with Crippen molar-refractivity contribution in [3.63, 3.8) is 0 Å². The predicted octanol–water partition coefficient (Wildman–Crippen LogP) is 2.78. The van der Waals surface area contributed by atoms with E-state index in [0.29, 0.717) is 5.56 Å². The summed E-state index contributed by atoms with van der Waals surface area (Å²) in [7, 11) is 0. The van der Waals surface area contributed by atoms with Crippen LogP contribution < -0.4 is 5.73 Å². The lowest BCUT2D eigenvalue weighted by Crippen LogP contribution is -2.10. The van der Waals surface area contributed by atoms with E-state index in [4.69, 9.17) is 11.1 Å². The van der Waals surface area contributed by atoms with E-state index >= 15 is 0 Å². The van der Waals surface area contributed by atoms with E-state index in [2.05, 4.69) is 0 Å². The van der Waals surface area contributed by atoms with Gasteiger partial charge in [-0.2, -0.15) is 0 Å². The summed E-state index contributed by atoms with van der Waals surface area (Å²) in [6.07, 6.45) is 0. The van der Waals surface area contributed by atoms with Gasteiger partial charge in [0.2, 0.25) is 0 Å². The highest BCUT2D eigenvalue weighted by Gasteiger charge is 2.01. The van der Waals surface area contributed by atoms with E-state index < -0.39 is 0 Å². The first-order chi connectivity index (χ1) is 7.66. The van der Waals surface area contributed by atoms with Crippen LogP contribution in [-0.4, -0.2) is 5.84 Å². The van der Waals surface area contributed by atoms with Crippen LogP contribution in [0.3, 0.4) is 0 Å². The second-order valence-electron chi connectivity index (χ2n) is 3.52. The lowest BCUT2D eigenvalue weighted by molar-refractivity contribution is 0.355. The summed E-state index contributed by atoms with van der Waals surface area (Å²) in [6, 6.07) is 14.0. The summed E-state index contributed by atoms with van der Waals surface area (Å²) in [5, 5.41) is 18.3. The van der Waals surface area contributed by atoms with Crippen LogP contribution >= 0.6 is 0 Å². The average Bonchev–Trinajstić information content (AvgIpc) is 2.30. The Kier molecular flexibility index (Phi) is 2.60. The zero-order valence-corrected chi connectivity index (χ0v) is 8.60. The fraction of sp³-hybridized carbons (Fsp3) is 0. The molecule has 0 heterocycles. The average molecular weight is 211 g/mol. The van der Waals surface area contributed by atoms with E-state index in [1.54, 1.807) is 18.2 Å². The van der Waals surface area contributed by atoms with E-state index in [1.807, 2.05) is 18.2 Å². The van der Waals surface area contributed by atoms with Crippen LogP contribution in [-0.2, 0) is 5.11 Å². The molecule has 0 amide bonds. The van der Waals surface area contributed by atoms with Gasteiger partial charge in [-0.05, 0) is 29.3 Å². The monoisotopic (exact) mass is 211 g/mol. The van der Waals surface area contributed by atoms with Crippen LogP contribution in [0.15, 0.2) is 48.5 Å². The summed E-state index contributed by atoms with van der Waals surface area (Å²) >= 11 is 0. The maximum absolute atomic E-state index is 11.0. The minimum absolute atomic E-state index is 0.00790. The Morgan fingerprint density at radius 1 is 1.00 bits per heavy atom. The third-order valence-corrected chi connectivity index (χ3v) is 2.36. The first kappa shape index (κ1) is 10.2. The maximum Gasteiger partial charge on any atom is 0.178 e. The third kappa shape index (κ3) is 2.03.